The maximum atomic E-state index is 2.57. The molecule has 0 saturated heterocycles. The summed E-state index contributed by atoms with van der Waals surface area (Å²) in [5, 5.41) is 0. The maximum absolute atomic E-state index is 2.57. The summed E-state index contributed by atoms with van der Waals surface area (Å²) in [6, 6.07) is 0. The zero-order valence-corrected chi connectivity index (χ0v) is 10.9. The maximum Gasteiger partial charge on any atom is -0.00234 e. The van der Waals surface area contributed by atoms with Gasteiger partial charge in [-0.15, -0.1) is 0 Å². The van der Waals surface area contributed by atoms with Crippen molar-refractivity contribution in [2.75, 3.05) is 0 Å². The molecule has 0 aromatic rings. The standard InChI is InChI=1S/C13H30B/c1-5-8-11-14(4,12-9-6-2)13-10-7-3/h5-13H2,1-4H3/q-1. The third-order valence-corrected chi connectivity index (χ3v) is 3.76. The van der Waals surface area contributed by atoms with E-state index in [-0.39, 0.29) is 6.15 Å². The van der Waals surface area contributed by atoms with Crippen LogP contribution >= 0.6 is 0 Å². The molecule has 0 nitrogen and oxygen atoms in total. The van der Waals surface area contributed by atoms with Crippen LogP contribution in [0.15, 0.2) is 0 Å². The summed E-state index contributed by atoms with van der Waals surface area (Å²) in [5.41, 5.74) is 0. The van der Waals surface area contributed by atoms with Crippen molar-refractivity contribution in [3.05, 3.63) is 0 Å². The van der Waals surface area contributed by atoms with E-state index >= 15 is 0 Å². The zero-order chi connectivity index (χ0) is 10.9. The molecule has 0 rings (SSSR count). The van der Waals surface area contributed by atoms with Crippen LogP contribution in [0.1, 0.15) is 59.3 Å². The molecule has 0 atom stereocenters. The molecule has 0 amide bonds. The zero-order valence-electron chi connectivity index (χ0n) is 10.9. The van der Waals surface area contributed by atoms with Gasteiger partial charge in [-0.25, -0.2) is 0 Å². The molecule has 0 radical (unpaired) electrons. The highest BCUT2D eigenvalue weighted by Crippen LogP contribution is 2.27. The lowest BCUT2D eigenvalue weighted by Gasteiger charge is -2.35. The molecule has 0 aromatic heterocycles. The lowest BCUT2D eigenvalue weighted by molar-refractivity contribution is 0.795. The van der Waals surface area contributed by atoms with E-state index < -0.39 is 0 Å². The molecule has 0 spiro atoms. The Labute approximate surface area is 91.8 Å². The summed E-state index contributed by atoms with van der Waals surface area (Å²) in [6.45, 7) is 9.52. The van der Waals surface area contributed by atoms with Crippen molar-refractivity contribution < 1.29 is 0 Å². The van der Waals surface area contributed by atoms with Crippen LogP contribution in [0.5, 0.6) is 0 Å². The minimum absolute atomic E-state index is 0.00542. The molecule has 0 aliphatic rings. The lowest BCUT2D eigenvalue weighted by Crippen LogP contribution is -2.29. The highest BCUT2D eigenvalue weighted by molar-refractivity contribution is 6.78. The van der Waals surface area contributed by atoms with Gasteiger partial charge in [0.25, 0.3) is 0 Å². The average molecular weight is 197 g/mol. The first kappa shape index (κ1) is 14.1. The van der Waals surface area contributed by atoms with E-state index in [1.165, 1.54) is 57.5 Å². The first-order valence-corrected chi connectivity index (χ1v) is 6.92. The largest absolute Gasteiger partial charge is 0.190 e. The second-order valence-corrected chi connectivity index (χ2v) is 5.52. The van der Waals surface area contributed by atoms with Gasteiger partial charge in [-0.3, -0.25) is 0 Å². The lowest BCUT2D eigenvalue weighted by atomic mass is 9.20. The third-order valence-electron chi connectivity index (χ3n) is 3.76. The summed E-state index contributed by atoms with van der Waals surface area (Å²) in [7, 11) is 0. The molecule has 0 aromatic carbocycles. The van der Waals surface area contributed by atoms with Crippen LogP contribution in [0.4, 0.5) is 0 Å². The van der Waals surface area contributed by atoms with E-state index in [4.69, 9.17) is 0 Å². The Morgan fingerprint density at radius 2 is 0.929 bits per heavy atom. The van der Waals surface area contributed by atoms with Crippen LogP contribution in [0.3, 0.4) is 0 Å². The molecule has 0 fully saturated rings. The number of rotatable bonds is 9. The normalized spacial score (nSPS) is 12.0. The van der Waals surface area contributed by atoms with Gasteiger partial charge in [-0.1, -0.05) is 59.3 Å². The van der Waals surface area contributed by atoms with Crippen molar-refractivity contribution in [2.24, 2.45) is 0 Å². The third kappa shape index (κ3) is 6.51. The average Bonchev–Trinajstić information content (AvgIpc) is 2.21. The van der Waals surface area contributed by atoms with Gasteiger partial charge in [0, 0.05) is 0 Å². The van der Waals surface area contributed by atoms with E-state index in [1.807, 2.05) is 0 Å². The first-order valence-electron chi connectivity index (χ1n) is 6.92. The Morgan fingerprint density at radius 1 is 0.643 bits per heavy atom. The Morgan fingerprint density at radius 3 is 1.14 bits per heavy atom. The van der Waals surface area contributed by atoms with Gasteiger partial charge in [-0.05, 0) is 6.15 Å². The highest BCUT2D eigenvalue weighted by atomic mass is 14.0. The predicted molar refractivity (Wildman–Crippen MR) is 70.8 cm³/mol. The predicted octanol–water partition coefficient (Wildman–Crippen LogP) is 5.47. The molecule has 0 saturated carbocycles. The minimum atomic E-state index is -0.00542. The number of hydrogen-bond acceptors (Lipinski definition) is 0. The van der Waals surface area contributed by atoms with E-state index in [0.717, 1.165) is 0 Å². The molecule has 0 heterocycles. The molecule has 0 aliphatic heterocycles. The fourth-order valence-corrected chi connectivity index (χ4v) is 2.52. The monoisotopic (exact) mass is 197 g/mol. The Hall–Kier alpha value is 0.0649. The van der Waals surface area contributed by atoms with Crippen molar-refractivity contribution in [1.82, 2.24) is 0 Å². The van der Waals surface area contributed by atoms with Crippen molar-refractivity contribution >= 4 is 6.15 Å². The molecule has 0 N–H and O–H groups in total. The minimum Gasteiger partial charge on any atom is -0.190 e. The van der Waals surface area contributed by atoms with Crippen molar-refractivity contribution in [1.29, 1.82) is 0 Å². The van der Waals surface area contributed by atoms with Gasteiger partial charge in [-0.2, -0.15) is 25.8 Å². The second-order valence-electron chi connectivity index (χ2n) is 5.52. The Bertz CT molecular complexity index is 98.6. The fraction of sp³-hybridized carbons (Fsp3) is 1.00. The van der Waals surface area contributed by atoms with Crippen LogP contribution in [-0.2, 0) is 0 Å². The quantitative estimate of drug-likeness (QED) is 0.430. The van der Waals surface area contributed by atoms with Crippen LogP contribution in [0, 0.1) is 0 Å². The second kappa shape index (κ2) is 8.38. The van der Waals surface area contributed by atoms with Crippen LogP contribution in [-0.4, -0.2) is 6.15 Å². The summed E-state index contributed by atoms with van der Waals surface area (Å²) >= 11 is 0. The van der Waals surface area contributed by atoms with Crippen molar-refractivity contribution in [3.63, 3.8) is 0 Å². The summed E-state index contributed by atoms with van der Waals surface area (Å²) in [4.78, 5) is 0. The number of hydrogen-bond donors (Lipinski definition) is 0. The molecule has 86 valence electrons. The molecular weight excluding hydrogens is 167 g/mol. The van der Waals surface area contributed by atoms with E-state index in [9.17, 15) is 0 Å². The molecule has 14 heavy (non-hydrogen) atoms. The SMILES string of the molecule is CCCC[B-](C)(CCCC)CCCC. The van der Waals surface area contributed by atoms with Gasteiger partial charge < -0.3 is 0 Å². The van der Waals surface area contributed by atoms with E-state index in [2.05, 4.69) is 27.6 Å². The summed E-state index contributed by atoms with van der Waals surface area (Å²) < 4.78 is 0. The van der Waals surface area contributed by atoms with Crippen molar-refractivity contribution in [3.8, 4) is 0 Å². The van der Waals surface area contributed by atoms with Crippen LogP contribution in [0.2, 0.25) is 25.8 Å². The molecule has 1 heteroatoms. The van der Waals surface area contributed by atoms with Crippen molar-refractivity contribution in [2.45, 2.75) is 85.1 Å². The highest BCUT2D eigenvalue weighted by Gasteiger charge is 2.16. The smallest absolute Gasteiger partial charge is 0.00234 e. The first-order chi connectivity index (χ1) is 6.68. The van der Waals surface area contributed by atoms with E-state index in [0.29, 0.717) is 0 Å². The molecular formula is C13H30B-. The van der Waals surface area contributed by atoms with Crippen LogP contribution in [0.25, 0.3) is 0 Å². The van der Waals surface area contributed by atoms with Gasteiger partial charge in [0.1, 0.15) is 0 Å². The molecule has 0 unspecified atom stereocenters. The number of unbranched alkanes of at least 4 members (excludes halogenated alkanes) is 3. The van der Waals surface area contributed by atoms with Gasteiger partial charge in [0.05, 0.1) is 0 Å². The molecule has 0 aliphatic carbocycles. The fourth-order valence-electron chi connectivity index (χ4n) is 2.52. The summed E-state index contributed by atoms with van der Waals surface area (Å²) in [6.07, 6.45) is 13.0. The molecule has 0 bridgehead atoms. The topological polar surface area (TPSA) is 0 Å². The van der Waals surface area contributed by atoms with Gasteiger partial charge in [0.15, 0.2) is 0 Å². The van der Waals surface area contributed by atoms with Gasteiger partial charge in [0.2, 0.25) is 0 Å². The Balaban J connectivity index is 3.89. The Kier molecular flexibility index (Phi) is 8.42. The van der Waals surface area contributed by atoms with Gasteiger partial charge >= 0.3 is 0 Å². The summed E-state index contributed by atoms with van der Waals surface area (Å²) in [5.74, 6) is 0. The van der Waals surface area contributed by atoms with E-state index in [1.54, 1.807) is 0 Å². The van der Waals surface area contributed by atoms with Crippen LogP contribution < -0.4 is 0 Å².